The molecule has 2 N–H and O–H groups in total. The van der Waals surface area contributed by atoms with Gasteiger partial charge in [-0.25, -0.2) is 0 Å². The molecule has 0 radical (unpaired) electrons. The number of nitrogens with one attached hydrogen (secondary N) is 1. The smallest absolute Gasteiger partial charge is 0.255 e. The van der Waals surface area contributed by atoms with Crippen molar-refractivity contribution in [3.05, 3.63) is 29.3 Å². The first kappa shape index (κ1) is 14.0. The Morgan fingerprint density at radius 3 is 2.65 bits per heavy atom. The molecule has 17 heavy (non-hydrogen) atoms. The lowest BCUT2D eigenvalue weighted by atomic mass is 10.1. The Morgan fingerprint density at radius 1 is 1.47 bits per heavy atom. The van der Waals surface area contributed by atoms with Gasteiger partial charge in [0.05, 0.1) is 5.56 Å². The number of phenols is 1. The van der Waals surface area contributed by atoms with Crippen molar-refractivity contribution >= 4 is 21.8 Å². The number of hydrogen-bond donors (Lipinski definition) is 2. The normalized spacial score (nSPS) is 14.1. The van der Waals surface area contributed by atoms with E-state index in [0.29, 0.717) is 11.5 Å². The number of carbonyl (C=O) groups is 1. The first-order valence-corrected chi connectivity index (χ1v) is 6.74. The summed E-state index contributed by atoms with van der Waals surface area (Å²) in [4.78, 5) is 11.9. The summed E-state index contributed by atoms with van der Waals surface area (Å²) in [6.07, 6.45) is 0. The number of aryl methyl sites for hydroxylation is 1. The first-order valence-electron chi connectivity index (χ1n) is 5.62. The Morgan fingerprint density at radius 2 is 2.12 bits per heavy atom. The molecule has 0 heterocycles. The van der Waals surface area contributed by atoms with E-state index in [1.54, 1.807) is 12.1 Å². The number of hydrogen-bond acceptors (Lipinski definition) is 2. The molecular formula is C13H18BrNO2. The summed E-state index contributed by atoms with van der Waals surface area (Å²) in [7, 11) is 0. The zero-order valence-electron chi connectivity index (χ0n) is 10.3. The molecule has 1 aromatic carbocycles. The van der Waals surface area contributed by atoms with E-state index in [1.165, 1.54) is 0 Å². The van der Waals surface area contributed by atoms with Crippen LogP contribution in [-0.2, 0) is 0 Å². The SMILES string of the molecule is Cc1ccc(C(=O)NC(C)C(C)CBr)c(O)c1. The van der Waals surface area contributed by atoms with Crippen molar-refractivity contribution in [3.63, 3.8) is 0 Å². The number of aromatic hydroxyl groups is 1. The van der Waals surface area contributed by atoms with Gasteiger partial charge in [-0.15, -0.1) is 0 Å². The van der Waals surface area contributed by atoms with E-state index in [0.717, 1.165) is 10.9 Å². The van der Waals surface area contributed by atoms with Crippen molar-refractivity contribution in [1.82, 2.24) is 5.32 Å². The summed E-state index contributed by atoms with van der Waals surface area (Å²) >= 11 is 3.38. The van der Waals surface area contributed by atoms with E-state index in [-0.39, 0.29) is 17.7 Å². The van der Waals surface area contributed by atoms with E-state index in [4.69, 9.17) is 0 Å². The number of halogens is 1. The minimum absolute atomic E-state index is 0.0289. The molecule has 0 fully saturated rings. The zero-order valence-corrected chi connectivity index (χ0v) is 11.9. The molecule has 2 atom stereocenters. The fourth-order valence-electron chi connectivity index (χ4n) is 1.39. The second kappa shape index (κ2) is 6.05. The van der Waals surface area contributed by atoms with Gasteiger partial charge in [-0.1, -0.05) is 28.9 Å². The summed E-state index contributed by atoms with van der Waals surface area (Å²) in [6, 6.07) is 5.11. The highest BCUT2D eigenvalue weighted by Crippen LogP contribution is 2.18. The molecule has 0 saturated heterocycles. The molecule has 0 saturated carbocycles. The van der Waals surface area contributed by atoms with Gasteiger partial charge in [0.15, 0.2) is 0 Å². The average molecular weight is 300 g/mol. The van der Waals surface area contributed by atoms with Crippen LogP contribution in [-0.4, -0.2) is 22.4 Å². The summed E-state index contributed by atoms with van der Waals surface area (Å²) in [5.41, 5.74) is 1.25. The molecule has 1 rings (SSSR count). The van der Waals surface area contributed by atoms with Gasteiger partial charge in [-0.3, -0.25) is 4.79 Å². The lowest BCUT2D eigenvalue weighted by molar-refractivity contribution is 0.0928. The number of benzene rings is 1. The molecule has 0 aliphatic rings. The molecule has 1 aromatic rings. The van der Waals surface area contributed by atoms with E-state index >= 15 is 0 Å². The van der Waals surface area contributed by atoms with Crippen molar-refractivity contribution in [1.29, 1.82) is 0 Å². The van der Waals surface area contributed by atoms with E-state index in [2.05, 4.69) is 28.2 Å². The predicted octanol–water partition coefficient (Wildman–Crippen LogP) is 2.85. The van der Waals surface area contributed by atoms with Gasteiger partial charge in [0.2, 0.25) is 0 Å². The molecule has 94 valence electrons. The standard InChI is InChI=1S/C13H18BrNO2/c1-8-4-5-11(12(16)6-8)13(17)15-10(3)9(2)7-14/h4-6,9-10,16H,7H2,1-3H3,(H,15,17). The molecule has 0 aromatic heterocycles. The van der Waals surface area contributed by atoms with Crippen molar-refractivity contribution < 1.29 is 9.90 Å². The highest BCUT2D eigenvalue weighted by atomic mass is 79.9. The van der Waals surface area contributed by atoms with Gasteiger partial charge in [0, 0.05) is 11.4 Å². The van der Waals surface area contributed by atoms with Gasteiger partial charge >= 0.3 is 0 Å². The van der Waals surface area contributed by atoms with E-state index < -0.39 is 0 Å². The van der Waals surface area contributed by atoms with Crippen LogP contribution in [0.2, 0.25) is 0 Å². The second-order valence-corrected chi connectivity index (χ2v) is 5.06. The number of rotatable bonds is 4. The summed E-state index contributed by atoms with van der Waals surface area (Å²) in [5, 5.41) is 13.4. The highest BCUT2D eigenvalue weighted by molar-refractivity contribution is 9.09. The van der Waals surface area contributed by atoms with Crippen LogP contribution >= 0.6 is 15.9 Å². The van der Waals surface area contributed by atoms with Crippen molar-refractivity contribution in [2.24, 2.45) is 5.92 Å². The van der Waals surface area contributed by atoms with Crippen LogP contribution in [0.3, 0.4) is 0 Å². The van der Waals surface area contributed by atoms with Crippen LogP contribution in [0.25, 0.3) is 0 Å². The quantitative estimate of drug-likeness (QED) is 0.840. The maximum atomic E-state index is 11.9. The Hall–Kier alpha value is -1.03. The third-order valence-corrected chi connectivity index (χ3v) is 3.87. The minimum Gasteiger partial charge on any atom is -0.507 e. The van der Waals surface area contributed by atoms with Gasteiger partial charge in [-0.05, 0) is 37.5 Å². The lowest BCUT2D eigenvalue weighted by Gasteiger charge is -2.19. The van der Waals surface area contributed by atoms with Crippen LogP contribution in [0.1, 0.15) is 29.8 Å². The molecule has 0 bridgehead atoms. The lowest BCUT2D eigenvalue weighted by Crippen LogP contribution is -2.37. The Balaban J connectivity index is 2.76. The molecule has 0 aliphatic carbocycles. The fraction of sp³-hybridized carbons (Fsp3) is 0.462. The van der Waals surface area contributed by atoms with Gasteiger partial charge in [-0.2, -0.15) is 0 Å². The van der Waals surface area contributed by atoms with Crippen molar-refractivity contribution in [3.8, 4) is 5.75 Å². The average Bonchev–Trinajstić information content (AvgIpc) is 2.27. The maximum Gasteiger partial charge on any atom is 0.255 e. The Kier molecular flexibility index (Phi) is 5.00. The van der Waals surface area contributed by atoms with Gasteiger partial charge < -0.3 is 10.4 Å². The third kappa shape index (κ3) is 3.73. The van der Waals surface area contributed by atoms with Crippen LogP contribution in [0, 0.1) is 12.8 Å². The number of phenolic OH excluding ortho intramolecular Hbond substituents is 1. The van der Waals surface area contributed by atoms with Crippen LogP contribution in [0.15, 0.2) is 18.2 Å². The van der Waals surface area contributed by atoms with Gasteiger partial charge in [0.25, 0.3) is 5.91 Å². The minimum atomic E-state index is -0.234. The molecule has 0 spiro atoms. The molecule has 3 nitrogen and oxygen atoms in total. The molecule has 2 unspecified atom stereocenters. The largest absolute Gasteiger partial charge is 0.507 e. The predicted molar refractivity (Wildman–Crippen MR) is 72.7 cm³/mol. The van der Waals surface area contributed by atoms with Crippen LogP contribution in [0.4, 0.5) is 0 Å². The summed E-state index contributed by atoms with van der Waals surface area (Å²) < 4.78 is 0. The topological polar surface area (TPSA) is 49.3 Å². The summed E-state index contributed by atoms with van der Waals surface area (Å²) in [6.45, 7) is 5.88. The molecule has 0 aliphatic heterocycles. The van der Waals surface area contributed by atoms with Crippen LogP contribution < -0.4 is 5.32 Å². The van der Waals surface area contributed by atoms with Crippen molar-refractivity contribution in [2.75, 3.05) is 5.33 Å². The number of alkyl halides is 1. The highest BCUT2D eigenvalue weighted by Gasteiger charge is 2.17. The Labute approximate surface area is 110 Å². The first-order chi connectivity index (χ1) is 7.95. The van der Waals surface area contributed by atoms with Gasteiger partial charge in [0.1, 0.15) is 5.75 Å². The monoisotopic (exact) mass is 299 g/mol. The zero-order chi connectivity index (χ0) is 13.0. The summed E-state index contributed by atoms with van der Waals surface area (Å²) in [5.74, 6) is 0.135. The van der Waals surface area contributed by atoms with E-state index in [9.17, 15) is 9.90 Å². The fourth-order valence-corrected chi connectivity index (χ4v) is 1.95. The molecule has 4 heteroatoms. The van der Waals surface area contributed by atoms with Crippen LogP contribution in [0.5, 0.6) is 5.75 Å². The third-order valence-electron chi connectivity index (χ3n) is 2.85. The van der Waals surface area contributed by atoms with Crippen molar-refractivity contribution in [2.45, 2.75) is 26.8 Å². The molecule has 1 amide bonds. The molecular weight excluding hydrogens is 282 g/mol. The maximum absolute atomic E-state index is 11.9. The van der Waals surface area contributed by atoms with E-state index in [1.807, 2.05) is 19.9 Å². The second-order valence-electron chi connectivity index (χ2n) is 4.41. The number of carbonyl (C=O) groups excluding carboxylic acids is 1. The number of amides is 1. The Bertz CT molecular complexity index is 406.